The van der Waals surface area contributed by atoms with E-state index in [-0.39, 0.29) is 6.79 Å². The molecule has 0 aliphatic carbocycles. The summed E-state index contributed by atoms with van der Waals surface area (Å²) in [6.45, 7) is 0.191. The second-order valence-electron chi connectivity index (χ2n) is 6.01. The van der Waals surface area contributed by atoms with Gasteiger partial charge in [0, 0.05) is 16.5 Å². The van der Waals surface area contributed by atoms with E-state index < -0.39 is 5.63 Å². The van der Waals surface area contributed by atoms with Gasteiger partial charge in [-0.1, -0.05) is 12.1 Å². The van der Waals surface area contributed by atoms with E-state index >= 15 is 0 Å². The van der Waals surface area contributed by atoms with Crippen molar-refractivity contribution >= 4 is 34.2 Å². The number of hydrogen-bond donors (Lipinski definition) is 0. The molecule has 27 heavy (non-hydrogen) atoms. The lowest BCUT2D eigenvalue weighted by atomic mass is 10.1. The summed E-state index contributed by atoms with van der Waals surface area (Å²) in [6, 6.07) is 16.7. The van der Waals surface area contributed by atoms with Crippen molar-refractivity contribution in [2.75, 3.05) is 6.79 Å². The summed E-state index contributed by atoms with van der Waals surface area (Å²) in [4.78, 5) is 18.0. The van der Waals surface area contributed by atoms with Gasteiger partial charge in [0.25, 0.3) is 0 Å². The van der Waals surface area contributed by atoms with Gasteiger partial charge in [0.2, 0.25) is 6.79 Å². The average Bonchev–Trinajstić information content (AvgIpc) is 3.37. The molecule has 0 saturated heterocycles. The van der Waals surface area contributed by atoms with Crippen molar-refractivity contribution in [2.24, 2.45) is 4.99 Å². The minimum Gasteiger partial charge on any atom is -0.454 e. The molecular weight excluding hydrogens is 362 g/mol. The lowest BCUT2D eigenvalue weighted by Crippen LogP contribution is -2.02. The van der Waals surface area contributed by atoms with Crippen molar-refractivity contribution in [2.45, 2.75) is 0 Å². The Morgan fingerprint density at radius 3 is 2.81 bits per heavy atom. The first-order valence-corrected chi connectivity index (χ1v) is 9.20. The lowest BCUT2D eigenvalue weighted by molar-refractivity contribution is 0.174. The highest BCUT2D eigenvalue weighted by atomic mass is 32.1. The third kappa shape index (κ3) is 3.00. The van der Waals surface area contributed by atoms with Crippen LogP contribution in [0, 0.1) is 0 Å². The maximum atomic E-state index is 12.4. The van der Waals surface area contributed by atoms with Gasteiger partial charge in [0.1, 0.15) is 5.58 Å². The summed E-state index contributed by atoms with van der Waals surface area (Å²) in [7, 11) is 0. The number of ether oxygens (including phenoxy) is 2. The molecule has 0 N–H and O–H groups in total. The fourth-order valence-corrected chi connectivity index (χ4v) is 3.54. The number of nitrogens with zero attached hydrogens (tertiary/aromatic N) is 1. The molecule has 2 aromatic heterocycles. The van der Waals surface area contributed by atoms with Gasteiger partial charge >= 0.3 is 5.63 Å². The molecule has 5 rings (SSSR count). The molecule has 132 valence electrons. The number of thiophene rings is 1. The van der Waals surface area contributed by atoms with Crippen LogP contribution in [0.1, 0.15) is 4.88 Å². The van der Waals surface area contributed by atoms with Crippen molar-refractivity contribution in [3.8, 4) is 22.6 Å². The van der Waals surface area contributed by atoms with Gasteiger partial charge in [0.05, 0.1) is 11.3 Å². The second-order valence-corrected chi connectivity index (χ2v) is 6.99. The van der Waals surface area contributed by atoms with Crippen LogP contribution in [0.2, 0.25) is 0 Å². The number of aliphatic imine (C=N–C) groups is 1. The molecule has 6 heteroatoms. The summed E-state index contributed by atoms with van der Waals surface area (Å²) < 4.78 is 16.2. The van der Waals surface area contributed by atoms with Crippen LogP contribution < -0.4 is 15.1 Å². The van der Waals surface area contributed by atoms with Gasteiger partial charge < -0.3 is 13.9 Å². The Morgan fingerprint density at radius 2 is 1.93 bits per heavy atom. The molecule has 1 aliphatic heterocycles. The Morgan fingerprint density at radius 1 is 1.00 bits per heavy atom. The molecule has 0 amide bonds. The fraction of sp³-hybridized carbons (Fsp3) is 0.0476. The topological polar surface area (TPSA) is 61.0 Å². The predicted octanol–water partition coefficient (Wildman–Crippen LogP) is 5.00. The Kier molecular flexibility index (Phi) is 3.76. The monoisotopic (exact) mass is 375 g/mol. The van der Waals surface area contributed by atoms with E-state index in [2.05, 4.69) is 4.99 Å². The molecule has 5 nitrogen and oxygen atoms in total. The van der Waals surface area contributed by atoms with Crippen molar-refractivity contribution < 1.29 is 13.9 Å². The van der Waals surface area contributed by atoms with Crippen LogP contribution in [-0.2, 0) is 0 Å². The molecule has 1 aliphatic rings. The first kappa shape index (κ1) is 15.8. The maximum Gasteiger partial charge on any atom is 0.344 e. The van der Waals surface area contributed by atoms with Gasteiger partial charge in [-0.3, -0.25) is 4.99 Å². The van der Waals surface area contributed by atoms with Crippen LogP contribution in [-0.4, -0.2) is 13.0 Å². The molecular formula is C21H13NO4S. The summed E-state index contributed by atoms with van der Waals surface area (Å²) >= 11 is 1.63. The van der Waals surface area contributed by atoms with E-state index in [4.69, 9.17) is 13.9 Å². The molecule has 0 unspecified atom stereocenters. The molecule has 3 heterocycles. The van der Waals surface area contributed by atoms with Crippen LogP contribution in [0.15, 0.2) is 74.2 Å². The molecule has 0 atom stereocenters. The summed E-state index contributed by atoms with van der Waals surface area (Å²) in [5.74, 6) is 1.30. The van der Waals surface area contributed by atoms with Crippen molar-refractivity contribution in [1.29, 1.82) is 0 Å². The van der Waals surface area contributed by atoms with E-state index in [0.29, 0.717) is 22.6 Å². The number of fused-ring (bicyclic) bond motifs is 2. The number of benzene rings is 2. The van der Waals surface area contributed by atoms with E-state index in [9.17, 15) is 4.79 Å². The summed E-state index contributed by atoms with van der Waals surface area (Å²) in [6.07, 6.45) is 1.82. The molecule has 4 aromatic rings. The van der Waals surface area contributed by atoms with Gasteiger partial charge in [-0.15, -0.1) is 11.3 Å². The van der Waals surface area contributed by atoms with Gasteiger partial charge in [-0.05, 0) is 53.4 Å². The van der Waals surface area contributed by atoms with E-state index in [1.165, 1.54) is 0 Å². The zero-order chi connectivity index (χ0) is 18.2. The van der Waals surface area contributed by atoms with Gasteiger partial charge in [-0.2, -0.15) is 0 Å². The third-order valence-electron chi connectivity index (χ3n) is 4.28. The lowest BCUT2D eigenvalue weighted by Gasteiger charge is -2.04. The zero-order valence-corrected chi connectivity index (χ0v) is 14.9. The first-order chi connectivity index (χ1) is 13.3. The Balaban J connectivity index is 1.57. The summed E-state index contributed by atoms with van der Waals surface area (Å²) in [5, 5.41) is 2.82. The third-order valence-corrected chi connectivity index (χ3v) is 5.09. The van der Waals surface area contributed by atoms with Gasteiger partial charge in [0.15, 0.2) is 11.5 Å². The Bertz CT molecular complexity index is 1220. The van der Waals surface area contributed by atoms with Crippen LogP contribution in [0.4, 0.5) is 5.69 Å². The predicted molar refractivity (Wildman–Crippen MR) is 106 cm³/mol. The average molecular weight is 375 g/mol. The standard InChI is InChI=1S/C21H13NO4S/c23-21-17(13-3-5-19-20(10-13)25-12-24-19)9-14-8-15(4-6-18(14)26-21)22-11-16-2-1-7-27-16/h1-11H,12H2. The zero-order valence-electron chi connectivity index (χ0n) is 14.0. The smallest absolute Gasteiger partial charge is 0.344 e. The van der Waals surface area contributed by atoms with Gasteiger partial charge in [-0.25, -0.2) is 4.79 Å². The van der Waals surface area contributed by atoms with E-state index in [0.717, 1.165) is 21.5 Å². The van der Waals surface area contributed by atoms with E-state index in [1.807, 2.05) is 48.0 Å². The molecule has 2 aromatic carbocycles. The number of hydrogen-bond acceptors (Lipinski definition) is 6. The molecule has 0 saturated carbocycles. The van der Waals surface area contributed by atoms with Crippen LogP contribution in [0.25, 0.3) is 22.1 Å². The van der Waals surface area contributed by atoms with Crippen LogP contribution >= 0.6 is 11.3 Å². The highest BCUT2D eigenvalue weighted by molar-refractivity contribution is 7.11. The number of rotatable bonds is 3. The molecule has 0 spiro atoms. The van der Waals surface area contributed by atoms with Crippen LogP contribution in [0.5, 0.6) is 11.5 Å². The summed E-state index contributed by atoms with van der Waals surface area (Å²) in [5.41, 5.74) is 2.12. The molecule has 0 radical (unpaired) electrons. The first-order valence-electron chi connectivity index (χ1n) is 8.32. The van der Waals surface area contributed by atoms with Crippen molar-refractivity contribution in [3.05, 3.63) is 75.3 Å². The normalized spacial score (nSPS) is 12.9. The largest absolute Gasteiger partial charge is 0.454 e. The second kappa shape index (κ2) is 6.41. The van der Waals surface area contributed by atoms with Crippen molar-refractivity contribution in [3.63, 3.8) is 0 Å². The maximum absolute atomic E-state index is 12.4. The van der Waals surface area contributed by atoms with Crippen molar-refractivity contribution in [1.82, 2.24) is 0 Å². The molecule has 0 bridgehead atoms. The minimum absolute atomic E-state index is 0.191. The fourth-order valence-electron chi connectivity index (χ4n) is 2.96. The van der Waals surface area contributed by atoms with E-state index in [1.54, 1.807) is 29.5 Å². The molecule has 0 fully saturated rings. The SMILES string of the molecule is O=c1oc2ccc(N=Cc3cccs3)cc2cc1-c1ccc2c(c1)OCO2. The quantitative estimate of drug-likeness (QED) is 0.373. The van der Waals surface area contributed by atoms with Crippen LogP contribution in [0.3, 0.4) is 0 Å². The minimum atomic E-state index is -0.392. The Labute approximate surface area is 158 Å². The highest BCUT2D eigenvalue weighted by Crippen LogP contribution is 2.35. The Hall–Kier alpha value is -3.38. The highest BCUT2D eigenvalue weighted by Gasteiger charge is 2.16.